The van der Waals surface area contributed by atoms with Gasteiger partial charge in [0, 0.05) is 33.1 Å². The monoisotopic (exact) mass is 436 g/mol. The van der Waals surface area contributed by atoms with E-state index in [9.17, 15) is 18.0 Å². The fourth-order valence-electron chi connectivity index (χ4n) is 2.62. The molecule has 0 atom stereocenters. The van der Waals surface area contributed by atoms with Gasteiger partial charge in [-0.15, -0.1) is 0 Å². The van der Waals surface area contributed by atoms with E-state index in [1.807, 2.05) is 42.5 Å². The molecule has 0 aliphatic rings. The van der Waals surface area contributed by atoms with Crippen molar-refractivity contribution in [2.45, 2.75) is 32.3 Å². The van der Waals surface area contributed by atoms with Gasteiger partial charge in [-0.05, 0) is 16.7 Å². The third-order valence-corrected chi connectivity index (χ3v) is 4.22. The summed E-state index contributed by atoms with van der Waals surface area (Å²) in [6.45, 7) is 0.0363. The summed E-state index contributed by atoms with van der Waals surface area (Å²) in [5.41, 5.74) is 2.64. The molecular weight excluding hydrogens is 409 g/mol. The number of hydrogen-bond acceptors (Lipinski definition) is 3. The Balaban J connectivity index is 1.64. The van der Waals surface area contributed by atoms with Gasteiger partial charge in [0.1, 0.15) is 6.61 Å². The molecule has 2 aromatic rings. The Kier molecular flexibility index (Phi) is 9.83. The first-order valence-electron chi connectivity index (χ1n) is 9.83. The number of alkyl halides is 3. The normalized spacial score (nSPS) is 11.8. The van der Waals surface area contributed by atoms with Crippen molar-refractivity contribution in [1.29, 1.82) is 0 Å². The first kappa shape index (κ1) is 24.2. The molecule has 0 spiro atoms. The number of nitrogens with zero attached hydrogens (tertiary/aromatic N) is 1. The number of amides is 1. The zero-order chi connectivity index (χ0) is 22.5. The number of carbonyl (C=O) groups excluding carboxylic acids is 1. The number of aliphatic imine (C=N–C) groups is 1. The molecule has 9 heteroatoms. The van der Waals surface area contributed by atoms with E-state index in [-0.39, 0.29) is 12.5 Å². The van der Waals surface area contributed by atoms with Crippen LogP contribution in [0.5, 0.6) is 0 Å². The maximum atomic E-state index is 12.1. The van der Waals surface area contributed by atoms with E-state index < -0.39 is 12.8 Å². The van der Waals surface area contributed by atoms with E-state index >= 15 is 0 Å². The third kappa shape index (κ3) is 10.5. The second-order valence-electron chi connectivity index (χ2n) is 6.79. The number of rotatable bonds is 10. The SMILES string of the molecule is CN=C(NCCC(=O)NCc1ccccc1)NCc1ccc(COCC(F)(F)F)cc1. The molecule has 0 bridgehead atoms. The zero-order valence-corrected chi connectivity index (χ0v) is 17.3. The average Bonchev–Trinajstić information content (AvgIpc) is 2.75. The van der Waals surface area contributed by atoms with E-state index in [1.54, 1.807) is 19.2 Å². The molecule has 0 aliphatic heterocycles. The molecule has 0 aliphatic carbocycles. The van der Waals surface area contributed by atoms with Gasteiger partial charge >= 0.3 is 6.18 Å². The minimum Gasteiger partial charge on any atom is -0.367 e. The number of benzene rings is 2. The van der Waals surface area contributed by atoms with E-state index in [0.29, 0.717) is 37.6 Å². The summed E-state index contributed by atoms with van der Waals surface area (Å²) in [5, 5.41) is 9.07. The van der Waals surface area contributed by atoms with Crippen LogP contribution in [0, 0.1) is 0 Å². The topological polar surface area (TPSA) is 74.8 Å². The summed E-state index contributed by atoms with van der Waals surface area (Å²) in [7, 11) is 1.63. The maximum Gasteiger partial charge on any atom is 0.411 e. The molecule has 2 rings (SSSR count). The Morgan fingerprint density at radius 2 is 1.52 bits per heavy atom. The second kappa shape index (κ2) is 12.6. The van der Waals surface area contributed by atoms with Gasteiger partial charge in [0.25, 0.3) is 0 Å². The predicted octanol–water partition coefficient (Wildman–Crippen LogP) is 3.14. The highest BCUT2D eigenvalue weighted by atomic mass is 19.4. The Bertz CT molecular complexity index is 825. The maximum absolute atomic E-state index is 12.1. The van der Waals surface area contributed by atoms with Crippen LogP contribution in [-0.4, -0.2) is 38.2 Å². The van der Waals surface area contributed by atoms with Crippen LogP contribution in [0.4, 0.5) is 13.2 Å². The van der Waals surface area contributed by atoms with Crippen molar-refractivity contribution < 1.29 is 22.7 Å². The van der Waals surface area contributed by atoms with Crippen molar-refractivity contribution in [1.82, 2.24) is 16.0 Å². The zero-order valence-electron chi connectivity index (χ0n) is 17.3. The smallest absolute Gasteiger partial charge is 0.367 e. The van der Waals surface area contributed by atoms with Gasteiger partial charge in [-0.25, -0.2) is 0 Å². The van der Waals surface area contributed by atoms with Crippen molar-refractivity contribution >= 4 is 11.9 Å². The third-order valence-electron chi connectivity index (χ3n) is 4.22. The Morgan fingerprint density at radius 1 is 0.903 bits per heavy atom. The number of ether oxygens (including phenoxy) is 1. The molecular formula is C22H27F3N4O2. The minimum absolute atomic E-state index is 0.0601. The molecule has 0 saturated carbocycles. The number of nitrogens with one attached hydrogen (secondary N) is 3. The fraction of sp³-hybridized carbons (Fsp3) is 0.364. The molecule has 0 aromatic heterocycles. The standard InChI is InChI=1S/C22H27F3N4O2/c1-26-21(27-12-11-20(30)28-13-17-5-3-2-4-6-17)29-14-18-7-9-19(10-8-18)15-31-16-22(23,24)25/h2-10H,11-16H2,1H3,(H,28,30)(H2,26,27,29). The lowest BCUT2D eigenvalue weighted by molar-refractivity contribution is -0.176. The highest BCUT2D eigenvalue weighted by molar-refractivity contribution is 5.81. The summed E-state index contributed by atoms with van der Waals surface area (Å²) in [6, 6.07) is 16.7. The average molecular weight is 436 g/mol. The van der Waals surface area contributed by atoms with Crippen molar-refractivity contribution in [2.24, 2.45) is 4.99 Å². The molecule has 6 nitrogen and oxygen atoms in total. The van der Waals surface area contributed by atoms with Crippen LogP contribution < -0.4 is 16.0 Å². The van der Waals surface area contributed by atoms with Crippen LogP contribution in [0.1, 0.15) is 23.1 Å². The first-order chi connectivity index (χ1) is 14.9. The van der Waals surface area contributed by atoms with Crippen LogP contribution >= 0.6 is 0 Å². The molecule has 168 valence electrons. The van der Waals surface area contributed by atoms with Crippen molar-refractivity contribution in [3.63, 3.8) is 0 Å². The van der Waals surface area contributed by atoms with Gasteiger partial charge in [-0.2, -0.15) is 13.2 Å². The van der Waals surface area contributed by atoms with Gasteiger partial charge in [0.15, 0.2) is 5.96 Å². The number of guanidine groups is 1. The van der Waals surface area contributed by atoms with Crippen LogP contribution in [0.15, 0.2) is 59.6 Å². The highest BCUT2D eigenvalue weighted by Gasteiger charge is 2.27. The van der Waals surface area contributed by atoms with Crippen molar-refractivity contribution in [3.05, 3.63) is 71.3 Å². The lowest BCUT2D eigenvalue weighted by atomic mass is 10.1. The summed E-state index contributed by atoms with van der Waals surface area (Å²) >= 11 is 0. The lowest BCUT2D eigenvalue weighted by Crippen LogP contribution is -2.38. The van der Waals surface area contributed by atoms with Gasteiger partial charge in [0.2, 0.25) is 5.91 Å². The van der Waals surface area contributed by atoms with Crippen LogP contribution in [0.3, 0.4) is 0 Å². The first-order valence-corrected chi connectivity index (χ1v) is 9.83. The summed E-state index contributed by atoms with van der Waals surface area (Å²) < 4.78 is 40.9. The molecule has 2 aromatic carbocycles. The summed E-state index contributed by atoms with van der Waals surface area (Å²) in [5.74, 6) is 0.489. The van der Waals surface area contributed by atoms with Crippen LogP contribution in [0.2, 0.25) is 0 Å². The van der Waals surface area contributed by atoms with Gasteiger partial charge < -0.3 is 20.7 Å². The molecule has 0 radical (unpaired) electrons. The largest absolute Gasteiger partial charge is 0.411 e. The predicted molar refractivity (Wildman–Crippen MR) is 113 cm³/mol. The Labute approximate surface area is 179 Å². The molecule has 0 fully saturated rings. The highest BCUT2D eigenvalue weighted by Crippen LogP contribution is 2.15. The number of carbonyl (C=O) groups is 1. The molecule has 31 heavy (non-hydrogen) atoms. The molecule has 0 saturated heterocycles. The molecule has 0 heterocycles. The van der Waals surface area contributed by atoms with Crippen molar-refractivity contribution in [2.75, 3.05) is 20.2 Å². The quantitative estimate of drug-likeness (QED) is 0.395. The van der Waals surface area contributed by atoms with Gasteiger partial charge in [-0.1, -0.05) is 54.6 Å². The molecule has 3 N–H and O–H groups in total. The van der Waals surface area contributed by atoms with E-state index in [2.05, 4.69) is 25.7 Å². The second-order valence-corrected chi connectivity index (χ2v) is 6.79. The van der Waals surface area contributed by atoms with Gasteiger partial charge in [-0.3, -0.25) is 9.79 Å². The summed E-state index contributed by atoms with van der Waals surface area (Å²) in [6.07, 6.45) is -4.02. The summed E-state index contributed by atoms with van der Waals surface area (Å²) in [4.78, 5) is 16.1. The van der Waals surface area contributed by atoms with Crippen LogP contribution in [0.25, 0.3) is 0 Å². The molecule has 1 amide bonds. The number of halogens is 3. The fourth-order valence-corrected chi connectivity index (χ4v) is 2.62. The van der Waals surface area contributed by atoms with Crippen molar-refractivity contribution in [3.8, 4) is 0 Å². The van der Waals surface area contributed by atoms with Gasteiger partial charge in [0.05, 0.1) is 6.61 Å². The Hall–Kier alpha value is -3.07. The van der Waals surface area contributed by atoms with E-state index in [0.717, 1.165) is 11.1 Å². The minimum atomic E-state index is -4.32. The van der Waals surface area contributed by atoms with E-state index in [1.165, 1.54) is 0 Å². The van der Waals surface area contributed by atoms with E-state index in [4.69, 9.17) is 0 Å². The molecule has 0 unspecified atom stereocenters. The lowest BCUT2D eigenvalue weighted by Gasteiger charge is -2.12. The Morgan fingerprint density at radius 3 is 2.16 bits per heavy atom. The van der Waals surface area contributed by atoms with Crippen LogP contribution in [-0.2, 0) is 29.2 Å². The number of hydrogen-bond donors (Lipinski definition) is 3.